The maximum atomic E-state index is 12.1. The molecule has 0 aliphatic heterocycles. The van der Waals surface area contributed by atoms with Crippen LogP contribution in [0.3, 0.4) is 0 Å². The Kier molecular flexibility index (Phi) is 4.65. The Labute approximate surface area is 111 Å². The molecule has 94 valence electrons. The van der Waals surface area contributed by atoms with E-state index in [1.165, 1.54) is 5.56 Å². The third kappa shape index (κ3) is 3.04. The Bertz CT molecular complexity index is 428. The smallest absolute Gasteiger partial charge is 0.233 e. The molecule has 0 bridgehead atoms. The maximum Gasteiger partial charge on any atom is 0.233 e. The zero-order valence-corrected chi connectivity index (χ0v) is 12.0. The van der Waals surface area contributed by atoms with Crippen LogP contribution >= 0.6 is 23.6 Å². The van der Waals surface area contributed by atoms with Gasteiger partial charge < -0.3 is 11.1 Å². The highest BCUT2D eigenvalue weighted by Gasteiger charge is 2.34. The van der Waals surface area contributed by atoms with E-state index >= 15 is 0 Å². The summed E-state index contributed by atoms with van der Waals surface area (Å²) in [7, 11) is 0. The summed E-state index contributed by atoms with van der Waals surface area (Å²) in [4.78, 5) is 12.3. The van der Waals surface area contributed by atoms with Gasteiger partial charge in [0.25, 0.3) is 0 Å². The molecule has 0 saturated carbocycles. The molecule has 0 aliphatic rings. The number of aryl methyl sites for hydroxylation is 1. The van der Waals surface area contributed by atoms with Crippen molar-refractivity contribution >= 4 is 34.5 Å². The van der Waals surface area contributed by atoms with E-state index in [1.807, 2.05) is 19.2 Å². The summed E-state index contributed by atoms with van der Waals surface area (Å²) < 4.78 is 0. The topological polar surface area (TPSA) is 55.1 Å². The molecule has 1 heterocycles. The first-order chi connectivity index (χ1) is 7.91. The third-order valence-electron chi connectivity index (χ3n) is 3.15. The van der Waals surface area contributed by atoms with Crippen LogP contribution in [0.4, 0.5) is 0 Å². The zero-order valence-electron chi connectivity index (χ0n) is 10.4. The predicted molar refractivity (Wildman–Crippen MR) is 76.1 cm³/mol. The number of amides is 1. The summed E-state index contributed by atoms with van der Waals surface area (Å²) in [6.07, 6.45) is 0.608. The van der Waals surface area contributed by atoms with Gasteiger partial charge in [0.15, 0.2) is 0 Å². The molecule has 1 rings (SSSR count). The maximum absolute atomic E-state index is 12.1. The number of carbonyl (C=O) groups is 1. The molecule has 5 heteroatoms. The van der Waals surface area contributed by atoms with Crippen molar-refractivity contribution in [2.75, 3.05) is 0 Å². The lowest BCUT2D eigenvalue weighted by molar-refractivity contribution is -0.127. The second-order valence-electron chi connectivity index (χ2n) is 4.31. The Morgan fingerprint density at radius 1 is 1.59 bits per heavy atom. The van der Waals surface area contributed by atoms with Crippen LogP contribution in [0.15, 0.2) is 10.8 Å². The normalized spacial score (nSPS) is 14.1. The van der Waals surface area contributed by atoms with Crippen molar-refractivity contribution in [3.8, 4) is 0 Å². The summed E-state index contributed by atoms with van der Waals surface area (Å²) in [5, 5.41) is 7.00. The molecule has 3 N–H and O–H groups in total. The highest BCUT2D eigenvalue weighted by molar-refractivity contribution is 7.80. The Morgan fingerprint density at radius 3 is 2.65 bits per heavy atom. The number of hydrogen-bond donors (Lipinski definition) is 2. The first-order valence-electron chi connectivity index (χ1n) is 5.51. The molecule has 1 atom stereocenters. The summed E-state index contributed by atoms with van der Waals surface area (Å²) in [5.74, 6) is -0.0990. The predicted octanol–water partition coefficient (Wildman–Crippen LogP) is 2.38. The van der Waals surface area contributed by atoms with Crippen molar-refractivity contribution in [3.63, 3.8) is 0 Å². The minimum absolute atomic E-state index is 0.0990. The lowest BCUT2D eigenvalue weighted by Gasteiger charge is -2.25. The number of thiocarbonyl (C=S) groups is 1. The zero-order chi connectivity index (χ0) is 13.1. The van der Waals surface area contributed by atoms with Gasteiger partial charge in [-0.05, 0) is 42.2 Å². The first-order valence-corrected chi connectivity index (χ1v) is 6.86. The summed E-state index contributed by atoms with van der Waals surface area (Å²) in [5.41, 5.74) is 7.22. The van der Waals surface area contributed by atoms with E-state index in [-0.39, 0.29) is 10.9 Å². The molecule has 0 aliphatic carbocycles. The van der Waals surface area contributed by atoms with E-state index in [9.17, 15) is 4.79 Å². The van der Waals surface area contributed by atoms with Gasteiger partial charge in [0.2, 0.25) is 5.91 Å². The minimum Gasteiger partial charge on any atom is -0.392 e. The molecule has 0 fully saturated rings. The molecule has 0 saturated heterocycles. The van der Waals surface area contributed by atoms with Crippen molar-refractivity contribution in [1.29, 1.82) is 0 Å². The molecule has 0 radical (unpaired) electrons. The molecule has 1 aromatic heterocycles. The molecular formula is C12H18N2OS2. The van der Waals surface area contributed by atoms with Gasteiger partial charge in [-0.3, -0.25) is 4.79 Å². The van der Waals surface area contributed by atoms with E-state index in [4.69, 9.17) is 18.0 Å². The molecule has 17 heavy (non-hydrogen) atoms. The Hall–Kier alpha value is -0.940. The van der Waals surface area contributed by atoms with E-state index in [0.717, 1.165) is 5.56 Å². The highest BCUT2D eigenvalue weighted by atomic mass is 32.1. The molecule has 3 nitrogen and oxygen atoms in total. The van der Waals surface area contributed by atoms with Gasteiger partial charge in [-0.25, -0.2) is 0 Å². The van der Waals surface area contributed by atoms with Gasteiger partial charge in [-0.15, -0.1) is 0 Å². The number of thiophene rings is 1. The Balaban J connectivity index is 2.67. The minimum atomic E-state index is -0.751. The lowest BCUT2D eigenvalue weighted by Crippen LogP contribution is -2.46. The quantitative estimate of drug-likeness (QED) is 0.808. The fourth-order valence-corrected chi connectivity index (χ4v) is 2.48. The third-order valence-corrected chi connectivity index (χ3v) is 4.51. The standard InChI is InChI=1S/C12H18N2OS2/c1-4-12(3,10(13)16)11(15)14-5-9-7-17-6-8(9)2/h6-7H,4-5H2,1-3H3,(H2,13,16)(H,14,15). The summed E-state index contributed by atoms with van der Waals surface area (Å²) >= 11 is 6.60. The fourth-order valence-electron chi connectivity index (χ4n) is 1.39. The fraction of sp³-hybridized carbons (Fsp3) is 0.500. The molecular weight excluding hydrogens is 252 g/mol. The number of carbonyl (C=O) groups excluding carboxylic acids is 1. The highest BCUT2D eigenvalue weighted by Crippen LogP contribution is 2.22. The molecule has 0 spiro atoms. The van der Waals surface area contributed by atoms with Crippen LogP contribution < -0.4 is 11.1 Å². The van der Waals surface area contributed by atoms with Crippen LogP contribution in [0.5, 0.6) is 0 Å². The number of rotatable bonds is 5. The van der Waals surface area contributed by atoms with Crippen LogP contribution in [0.1, 0.15) is 31.4 Å². The average molecular weight is 270 g/mol. The number of nitrogens with two attached hydrogens (primary N) is 1. The molecule has 1 amide bonds. The van der Waals surface area contributed by atoms with Crippen LogP contribution in [0, 0.1) is 12.3 Å². The summed E-state index contributed by atoms with van der Waals surface area (Å²) in [6.45, 7) is 6.26. The van der Waals surface area contributed by atoms with Crippen LogP contribution in [0.2, 0.25) is 0 Å². The SMILES string of the molecule is CCC(C)(C(=O)NCc1cscc1C)C(N)=S. The van der Waals surface area contributed by atoms with Gasteiger partial charge in [0, 0.05) is 6.54 Å². The van der Waals surface area contributed by atoms with Crippen molar-refractivity contribution in [3.05, 3.63) is 21.9 Å². The number of hydrogen-bond acceptors (Lipinski definition) is 3. The lowest BCUT2D eigenvalue weighted by atomic mass is 9.86. The van der Waals surface area contributed by atoms with E-state index < -0.39 is 5.41 Å². The average Bonchev–Trinajstić information content (AvgIpc) is 2.70. The van der Waals surface area contributed by atoms with Crippen molar-refractivity contribution in [1.82, 2.24) is 5.32 Å². The monoisotopic (exact) mass is 270 g/mol. The van der Waals surface area contributed by atoms with E-state index in [1.54, 1.807) is 18.3 Å². The van der Waals surface area contributed by atoms with Gasteiger partial charge in [-0.1, -0.05) is 19.1 Å². The van der Waals surface area contributed by atoms with Crippen LogP contribution in [-0.4, -0.2) is 10.9 Å². The second-order valence-corrected chi connectivity index (χ2v) is 5.50. The van der Waals surface area contributed by atoms with Crippen LogP contribution in [0.25, 0.3) is 0 Å². The molecule has 1 aromatic rings. The van der Waals surface area contributed by atoms with E-state index in [0.29, 0.717) is 13.0 Å². The molecule has 1 unspecified atom stereocenters. The molecule has 0 aromatic carbocycles. The van der Waals surface area contributed by atoms with Gasteiger partial charge in [0.1, 0.15) is 0 Å². The van der Waals surface area contributed by atoms with Gasteiger partial charge in [0.05, 0.1) is 10.4 Å². The van der Waals surface area contributed by atoms with Crippen molar-refractivity contribution < 1.29 is 4.79 Å². The van der Waals surface area contributed by atoms with Crippen molar-refractivity contribution in [2.24, 2.45) is 11.1 Å². The van der Waals surface area contributed by atoms with Gasteiger partial charge in [-0.2, -0.15) is 11.3 Å². The second kappa shape index (κ2) is 5.60. The number of nitrogens with one attached hydrogen (secondary N) is 1. The largest absolute Gasteiger partial charge is 0.392 e. The summed E-state index contributed by atoms with van der Waals surface area (Å²) in [6, 6.07) is 0. The van der Waals surface area contributed by atoms with E-state index in [2.05, 4.69) is 10.7 Å². The Morgan fingerprint density at radius 2 is 2.24 bits per heavy atom. The van der Waals surface area contributed by atoms with Crippen LogP contribution in [-0.2, 0) is 11.3 Å². The first kappa shape index (κ1) is 14.1. The van der Waals surface area contributed by atoms with Crippen molar-refractivity contribution in [2.45, 2.75) is 33.7 Å². The van der Waals surface area contributed by atoms with Gasteiger partial charge >= 0.3 is 0 Å².